The maximum absolute atomic E-state index is 14.9. The molecule has 0 bridgehead atoms. The average Bonchev–Trinajstić information content (AvgIpc) is 3.32. The summed E-state index contributed by atoms with van der Waals surface area (Å²) in [4.78, 5) is 51.2. The fourth-order valence-corrected chi connectivity index (χ4v) is 6.07. The standard InChI is InChI=1S/C29H29Cl2FN8O5/c1-14-8-38(16-11-45-12-16)3-4-40(14)21-7-20(24(31)26(32)36-21)35-22(41)10-39-9-18(23-28(39)34-13-37(2)29(23)44)15-5-17(27(33)43)25(42)19(30)6-15/h5-7,9,13-14,16,42H,3-4,8,10-12H2,1-2H3,(H2,33,43)(H,35,36,41)/t14-/m0/s1. The Morgan fingerprint density at radius 2 is 1.98 bits per heavy atom. The highest BCUT2D eigenvalue weighted by molar-refractivity contribution is 6.34. The SMILES string of the molecule is C[C@H]1CN(C2COC2)CCN1c1cc(NC(=O)Cn2cc(-c3cc(Cl)c(O)c(C(N)=O)c3)c3c(=O)n(C)cnc32)c(Cl)c(F)n1. The van der Waals surface area contributed by atoms with Crippen LogP contribution in [0.3, 0.4) is 0 Å². The first kappa shape index (κ1) is 30.8. The lowest BCUT2D eigenvalue weighted by molar-refractivity contribution is -0.116. The summed E-state index contributed by atoms with van der Waals surface area (Å²) in [6.45, 7) is 5.22. The van der Waals surface area contributed by atoms with Crippen LogP contribution in [0.1, 0.15) is 17.3 Å². The van der Waals surface area contributed by atoms with Gasteiger partial charge in [-0.05, 0) is 24.6 Å². The number of carbonyl (C=O) groups is 2. The number of ether oxygens (including phenoxy) is 1. The lowest BCUT2D eigenvalue weighted by Crippen LogP contribution is -2.59. The van der Waals surface area contributed by atoms with Crippen LogP contribution in [0.4, 0.5) is 15.9 Å². The molecule has 3 aromatic heterocycles. The summed E-state index contributed by atoms with van der Waals surface area (Å²) >= 11 is 12.4. The molecule has 0 radical (unpaired) electrons. The maximum atomic E-state index is 14.9. The predicted molar refractivity (Wildman–Crippen MR) is 166 cm³/mol. The minimum atomic E-state index is -0.921. The van der Waals surface area contributed by atoms with Gasteiger partial charge in [-0.15, -0.1) is 0 Å². The molecular weight excluding hydrogens is 630 g/mol. The molecule has 2 aliphatic rings. The van der Waals surface area contributed by atoms with Crippen molar-refractivity contribution in [3.63, 3.8) is 0 Å². The molecule has 2 saturated heterocycles. The van der Waals surface area contributed by atoms with E-state index in [2.05, 4.69) is 20.2 Å². The van der Waals surface area contributed by atoms with Gasteiger partial charge in [0.2, 0.25) is 11.9 Å². The van der Waals surface area contributed by atoms with Gasteiger partial charge in [-0.3, -0.25) is 19.3 Å². The molecule has 236 valence electrons. The number of aromatic hydroxyl groups is 1. The van der Waals surface area contributed by atoms with Crippen LogP contribution in [0, 0.1) is 5.95 Å². The first-order valence-corrected chi connectivity index (χ1v) is 14.8. The number of hydrogen-bond acceptors (Lipinski definition) is 9. The third-order valence-corrected chi connectivity index (χ3v) is 8.81. The summed E-state index contributed by atoms with van der Waals surface area (Å²) in [5, 5.41) is 12.5. The van der Waals surface area contributed by atoms with Crippen molar-refractivity contribution in [1.82, 2.24) is 24.0 Å². The van der Waals surface area contributed by atoms with Crippen LogP contribution in [-0.2, 0) is 23.1 Å². The molecule has 4 aromatic rings. The molecular formula is C29H29Cl2FN8O5. The fraction of sp³-hybridized carbons (Fsp3) is 0.345. The van der Waals surface area contributed by atoms with Gasteiger partial charge in [-0.2, -0.15) is 4.39 Å². The lowest BCUT2D eigenvalue weighted by Gasteiger charge is -2.46. The molecule has 0 aliphatic carbocycles. The van der Waals surface area contributed by atoms with Crippen LogP contribution in [0.5, 0.6) is 5.75 Å². The van der Waals surface area contributed by atoms with Crippen LogP contribution < -0.4 is 21.5 Å². The van der Waals surface area contributed by atoms with Crippen LogP contribution in [0.2, 0.25) is 10.0 Å². The second kappa shape index (κ2) is 11.9. The highest BCUT2D eigenvalue weighted by atomic mass is 35.5. The molecule has 2 fully saturated rings. The van der Waals surface area contributed by atoms with Crippen molar-refractivity contribution in [2.45, 2.75) is 25.6 Å². The Kier molecular flexibility index (Phi) is 8.16. The number of halogens is 3. The van der Waals surface area contributed by atoms with Gasteiger partial charge in [0.25, 0.3) is 11.5 Å². The molecule has 1 atom stereocenters. The number of anilines is 2. The normalized spacial score (nSPS) is 17.4. The van der Waals surface area contributed by atoms with Crippen LogP contribution in [0.25, 0.3) is 22.2 Å². The molecule has 6 rings (SSSR count). The summed E-state index contributed by atoms with van der Waals surface area (Å²) in [6, 6.07) is 4.63. The number of primary amides is 1. The molecule has 45 heavy (non-hydrogen) atoms. The highest BCUT2D eigenvalue weighted by Gasteiger charge is 2.33. The summed E-state index contributed by atoms with van der Waals surface area (Å²) in [5.41, 5.74) is 5.55. The number of carbonyl (C=O) groups excluding carboxylic acids is 2. The van der Waals surface area contributed by atoms with E-state index in [1.807, 2.05) is 11.8 Å². The molecule has 4 N–H and O–H groups in total. The predicted octanol–water partition coefficient (Wildman–Crippen LogP) is 2.60. The lowest BCUT2D eigenvalue weighted by atomic mass is 10.0. The molecule has 1 aromatic carbocycles. The third kappa shape index (κ3) is 5.70. The molecule has 2 amide bonds. The maximum Gasteiger partial charge on any atom is 0.263 e. The Balaban J connectivity index is 1.29. The van der Waals surface area contributed by atoms with Gasteiger partial charge >= 0.3 is 0 Å². The fourth-order valence-electron chi connectivity index (χ4n) is 5.71. The molecule has 0 spiro atoms. The number of pyridine rings is 1. The number of hydrogen-bond donors (Lipinski definition) is 3. The van der Waals surface area contributed by atoms with Gasteiger partial charge in [-0.25, -0.2) is 9.97 Å². The first-order valence-electron chi connectivity index (χ1n) is 14.0. The Hall–Kier alpha value is -4.24. The van der Waals surface area contributed by atoms with Gasteiger partial charge in [0.1, 0.15) is 28.8 Å². The molecule has 0 unspecified atom stereocenters. The molecule has 16 heteroatoms. The minimum absolute atomic E-state index is 0.0257. The number of phenols is 1. The van der Waals surface area contributed by atoms with E-state index < -0.39 is 29.1 Å². The van der Waals surface area contributed by atoms with Crippen LogP contribution >= 0.6 is 23.2 Å². The molecule has 5 heterocycles. The van der Waals surface area contributed by atoms with Gasteiger partial charge in [0, 0.05) is 50.6 Å². The van der Waals surface area contributed by atoms with Crippen molar-refractivity contribution >= 4 is 57.6 Å². The summed E-state index contributed by atoms with van der Waals surface area (Å²) in [6.07, 6.45) is 2.81. The number of aryl methyl sites for hydroxylation is 1. The number of nitrogens with zero attached hydrogens (tertiary/aromatic N) is 6. The number of nitrogens with two attached hydrogens (primary N) is 1. The van der Waals surface area contributed by atoms with Crippen molar-refractivity contribution in [3.05, 3.63) is 62.6 Å². The number of aromatic nitrogens is 4. The number of benzene rings is 1. The molecule has 13 nitrogen and oxygen atoms in total. The number of amides is 2. The topological polar surface area (TPSA) is 161 Å². The van der Waals surface area contributed by atoms with Crippen LogP contribution in [0.15, 0.2) is 35.5 Å². The van der Waals surface area contributed by atoms with Crippen molar-refractivity contribution in [2.75, 3.05) is 43.1 Å². The van der Waals surface area contributed by atoms with Crippen molar-refractivity contribution in [1.29, 1.82) is 0 Å². The third-order valence-electron chi connectivity index (χ3n) is 8.16. The number of fused-ring (bicyclic) bond motifs is 1. The van der Waals surface area contributed by atoms with Gasteiger partial charge in [-0.1, -0.05) is 23.2 Å². The largest absolute Gasteiger partial charge is 0.506 e. The Labute approximate surface area is 265 Å². The van der Waals surface area contributed by atoms with Gasteiger partial charge in [0.15, 0.2) is 0 Å². The van der Waals surface area contributed by atoms with Gasteiger partial charge < -0.3 is 34.9 Å². The number of rotatable bonds is 7. The summed E-state index contributed by atoms with van der Waals surface area (Å²) in [5.74, 6) is -2.57. The average molecular weight is 660 g/mol. The van der Waals surface area contributed by atoms with E-state index in [-0.39, 0.29) is 44.9 Å². The Bertz CT molecular complexity index is 1910. The number of nitrogens with one attached hydrogen (secondary N) is 1. The van der Waals surface area contributed by atoms with Crippen molar-refractivity contribution < 1.29 is 23.8 Å². The summed E-state index contributed by atoms with van der Waals surface area (Å²) in [7, 11) is 1.52. The minimum Gasteiger partial charge on any atom is -0.506 e. The van der Waals surface area contributed by atoms with E-state index >= 15 is 0 Å². The molecule has 2 aliphatic heterocycles. The first-order chi connectivity index (χ1) is 21.4. The Morgan fingerprint density at radius 1 is 1.22 bits per heavy atom. The van der Waals surface area contributed by atoms with Gasteiger partial charge in [0.05, 0.1) is 47.2 Å². The van der Waals surface area contributed by atoms with E-state index in [4.69, 9.17) is 33.7 Å². The second-order valence-electron chi connectivity index (χ2n) is 11.2. The van der Waals surface area contributed by atoms with Crippen molar-refractivity contribution in [3.8, 4) is 16.9 Å². The van der Waals surface area contributed by atoms with E-state index in [9.17, 15) is 23.9 Å². The van der Waals surface area contributed by atoms with E-state index in [1.165, 1.54) is 40.8 Å². The Morgan fingerprint density at radius 3 is 2.64 bits per heavy atom. The smallest absolute Gasteiger partial charge is 0.263 e. The highest BCUT2D eigenvalue weighted by Crippen LogP contribution is 2.36. The van der Waals surface area contributed by atoms with Crippen molar-refractivity contribution in [2.24, 2.45) is 12.8 Å². The zero-order chi connectivity index (χ0) is 32.2. The van der Waals surface area contributed by atoms with E-state index in [1.54, 1.807) is 6.07 Å². The second-order valence-corrected chi connectivity index (χ2v) is 11.9. The van der Waals surface area contributed by atoms with Crippen LogP contribution in [-0.4, -0.2) is 85.9 Å². The van der Waals surface area contributed by atoms with E-state index in [0.717, 1.165) is 13.1 Å². The molecule has 0 saturated carbocycles. The zero-order valence-corrected chi connectivity index (χ0v) is 25.8. The van der Waals surface area contributed by atoms with E-state index in [0.29, 0.717) is 42.7 Å². The quantitative estimate of drug-likeness (QED) is 0.254. The summed E-state index contributed by atoms with van der Waals surface area (Å²) < 4.78 is 22.9. The zero-order valence-electron chi connectivity index (χ0n) is 24.3. The monoisotopic (exact) mass is 658 g/mol. The number of piperazine rings is 1.